The Balaban J connectivity index is 1.99. The van der Waals surface area contributed by atoms with E-state index in [4.69, 9.17) is 9.15 Å². The van der Waals surface area contributed by atoms with Crippen molar-refractivity contribution in [2.45, 2.75) is 0 Å². The zero-order valence-electron chi connectivity index (χ0n) is 12.0. The van der Waals surface area contributed by atoms with E-state index < -0.39 is 11.5 Å². The Morgan fingerprint density at radius 2 is 2.14 bits per heavy atom. The highest BCUT2D eigenvalue weighted by atomic mass is 16.5. The van der Waals surface area contributed by atoms with Crippen molar-refractivity contribution >= 4 is 22.5 Å². The van der Waals surface area contributed by atoms with E-state index in [9.17, 15) is 9.59 Å². The van der Waals surface area contributed by atoms with Gasteiger partial charge in [0, 0.05) is 19.3 Å². The fourth-order valence-corrected chi connectivity index (χ4v) is 2.07. The number of hydrogen-bond donors (Lipinski definition) is 1. The highest BCUT2D eigenvalue weighted by molar-refractivity contribution is 6.03. The molecular formula is C15H13N3O4. The Labute approximate surface area is 125 Å². The molecule has 3 rings (SSSR count). The number of nitrogens with zero attached hydrogens (tertiary/aromatic N) is 2. The minimum Gasteiger partial charge on any atom is -0.497 e. The van der Waals surface area contributed by atoms with Crippen LogP contribution in [0.2, 0.25) is 0 Å². The lowest BCUT2D eigenvalue weighted by atomic mass is 10.1. The number of ether oxygens (including phenoxy) is 1. The predicted molar refractivity (Wildman–Crippen MR) is 80.2 cm³/mol. The van der Waals surface area contributed by atoms with Crippen molar-refractivity contribution in [1.82, 2.24) is 9.78 Å². The largest absolute Gasteiger partial charge is 0.497 e. The third kappa shape index (κ3) is 2.56. The number of anilines is 1. The number of amides is 1. The molecule has 0 fully saturated rings. The van der Waals surface area contributed by atoms with Gasteiger partial charge in [0.05, 0.1) is 12.5 Å². The molecule has 2 heterocycles. The molecule has 112 valence electrons. The van der Waals surface area contributed by atoms with Crippen LogP contribution >= 0.6 is 0 Å². The first-order valence-electron chi connectivity index (χ1n) is 6.50. The zero-order chi connectivity index (χ0) is 15.7. The second-order valence-corrected chi connectivity index (χ2v) is 4.68. The molecule has 0 aliphatic carbocycles. The fourth-order valence-electron chi connectivity index (χ4n) is 2.07. The van der Waals surface area contributed by atoms with E-state index in [1.807, 2.05) is 0 Å². The van der Waals surface area contributed by atoms with Gasteiger partial charge in [-0.25, -0.2) is 4.79 Å². The third-order valence-corrected chi connectivity index (χ3v) is 3.15. The summed E-state index contributed by atoms with van der Waals surface area (Å²) in [6.07, 6.45) is 1.69. The van der Waals surface area contributed by atoms with Crippen LogP contribution in [0.1, 0.15) is 10.6 Å². The van der Waals surface area contributed by atoms with Gasteiger partial charge in [-0.2, -0.15) is 5.10 Å². The fraction of sp³-hybridized carbons (Fsp3) is 0.133. The summed E-state index contributed by atoms with van der Waals surface area (Å²) in [4.78, 5) is 24.1. The Morgan fingerprint density at radius 1 is 1.32 bits per heavy atom. The van der Waals surface area contributed by atoms with Crippen LogP contribution in [0.3, 0.4) is 0 Å². The number of methoxy groups -OCH3 is 1. The van der Waals surface area contributed by atoms with Gasteiger partial charge in [-0.1, -0.05) is 0 Å². The highest BCUT2D eigenvalue weighted by Gasteiger charge is 2.14. The zero-order valence-corrected chi connectivity index (χ0v) is 12.0. The summed E-state index contributed by atoms with van der Waals surface area (Å²) in [5.74, 6) is 0.340. The van der Waals surface area contributed by atoms with E-state index in [1.54, 1.807) is 42.2 Å². The van der Waals surface area contributed by atoms with Crippen LogP contribution in [0.15, 0.2) is 45.7 Å². The molecule has 2 aromatic heterocycles. The molecule has 0 unspecified atom stereocenters. The van der Waals surface area contributed by atoms with E-state index in [-0.39, 0.29) is 5.76 Å². The maximum absolute atomic E-state index is 12.1. The van der Waals surface area contributed by atoms with Gasteiger partial charge >= 0.3 is 5.63 Å². The summed E-state index contributed by atoms with van der Waals surface area (Å²) in [6, 6.07) is 8.06. The lowest BCUT2D eigenvalue weighted by Crippen LogP contribution is -2.15. The van der Waals surface area contributed by atoms with Crippen molar-refractivity contribution in [1.29, 1.82) is 0 Å². The van der Waals surface area contributed by atoms with Gasteiger partial charge in [0.2, 0.25) is 0 Å². The molecule has 1 N–H and O–H groups in total. The first-order chi connectivity index (χ1) is 10.6. The van der Waals surface area contributed by atoms with Crippen LogP contribution in [-0.2, 0) is 7.05 Å². The Hall–Kier alpha value is -3.09. The van der Waals surface area contributed by atoms with Gasteiger partial charge in [0.15, 0.2) is 11.6 Å². The normalized spacial score (nSPS) is 10.6. The first kappa shape index (κ1) is 13.9. The molecule has 7 heteroatoms. The number of benzene rings is 1. The number of carbonyl (C=O) groups excluding carboxylic acids is 1. The average Bonchev–Trinajstić information content (AvgIpc) is 2.91. The molecule has 3 aromatic rings. The molecular weight excluding hydrogens is 286 g/mol. The summed E-state index contributed by atoms with van der Waals surface area (Å²) in [5, 5.41) is 7.55. The quantitative estimate of drug-likeness (QED) is 0.796. The lowest BCUT2D eigenvalue weighted by molar-refractivity contribution is 0.0992. The smallest absolute Gasteiger partial charge is 0.344 e. The molecule has 1 aromatic carbocycles. The van der Waals surface area contributed by atoms with E-state index >= 15 is 0 Å². The monoisotopic (exact) mass is 299 g/mol. The molecule has 0 saturated heterocycles. The average molecular weight is 299 g/mol. The van der Waals surface area contributed by atoms with Gasteiger partial charge < -0.3 is 14.5 Å². The van der Waals surface area contributed by atoms with E-state index in [0.29, 0.717) is 22.3 Å². The van der Waals surface area contributed by atoms with E-state index in [1.165, 1.54) is 13.2 Å². The summed E-state index contributed by atoms with van der Waals surface area (Å²) in [5.41, 5.74) is -0.577. The Morgan fingerprint density at radius 3 is 2.82 bits per heavy atom. The number of carbonyl (C=O) groups is 1. The predicted octanol–water partition coefficient (Wildman–Crippen LogP) is 1.79. The van der Waals surface area contributed by atoms with Gasteiger partial charge in [-0.3, -0.25) is 9.48 Å². The maximum Gasteiger partial charge on any atom is 0.344 e. The van der Waals surface area contributed by atoms with Crippen LogP contribution in [0.5, 0.6) is 5.75 Å². The summed E-state index contributed by atoms with van der Waals surface area (Å²) in [6.45, 7) is 0. The number of aromatic nitrogens is 2. The highest BCUT2D eigenvalue weighted by Crippen LogP contribution is 2.19. The van der Waals surface area contributed by atoms with Crippen LogP contribution < -0.4 is 15.7 Å². The molecule has 0 spiro atoms. The molecule has 0 bridgehead atoms. The van der Waals surface area contributed by atoms with Crippen LogP contribution in [0, 0.1) is 0 Å². The molecule has 7 nitrogen and oxygen atoms in total. The maximum atomic E-state index is 12.1. The van der Waals surface area contributed by atoms with Crippen molar-refractivity contribution < 1.29 is 13.9 Å². The molecule has 0 radical (unpaired) electrons. The molecule has 0 saturated carbocycles. The number of hydrogen-bond acceptors (Lipinski definition) is 5. The van der Waals surface area contributed by atoms with E-state index in [0.717, 1.165) is 0 Å². The number of fused-ring (bicyclic) bond motifs is 1. The van der Waals surface area contributed by atoms with Crippen LogP contribution in [0.4, 0.5) is 5.82 Å². The lowest BCUT2D eigenvalue weighted by Gasteiger charge is -2.04. The van der Waals surface area contributed by atoms with Gasteiger partial charge in [0.25, 0.3) is 5.91 Å². The molecule has 1 amide bonds. The molecule has 0 aliphatic rings. The molecule has 22 heavy (non-hydrogen) atoms. The minimum absolute atomic E-state index is 0.0867. The van der Waals surface area contributed by atoms with Crippen molar-refractivity contribution in [3.63, 3.8) is 0 Å². The number of aryl methyl sites for hydroxylation is 1. The Bertz CT molecular complexity index is 911. The standard InChI is InChI=1S/C15H13N3O4/c1-18-6-5-13(17-18)16-14(19)12-8-9-7-10(21-2)3-4-11(9)15(20)22-12/h3-8H,1-2H3,(H,16,17,19). The van der Waals surface area contributed by atoms with Gasteiger partial charge in [-0.15, -0.1) is 0 Å². The topological polar surface area (TPSA) is 86.4 Å². The van der Waals surface area contributed by atoms with Gasteiger partial charge in [0.1, 0.15) is 5.75 Å². The van der Waals surface area contributed by atoms with Crippen LogP contribution in [0.25, 0.3) is 10.8 Å². The Kier molecular flexibility index (Phi) is 3.38. The SMILES string of the molecule is COc1ccc2c(=O)oc(C(=O)Nc3ccn(C)n3)cc2c1. The summed E-state index contributed by atoms with van der Waals surface area (Å²) < 4.78 is 11.7. The first-order valence-corrected chi connectivity index (χ1v) is 6.50. The van der Waals surface area contributed by atoms with Crippen molar-refractivity contribution in [3.8, 4) is 5.75 Å². The molecule has 0 aliphatic heterocycles. The third-order valence-electron chi connectivity index (χ3n) is 3.15. The van der Waals surface area contributed by atoms with Crippen molar-refractivity contribution in [2.24, 2.45) is 7.05 Å². The second-order valence-electron chi connectivity index (χ2n) is 4.68. The van der Waals surface area contributed by atoms with Crippen molar-refractivity contribution in [3.05, 3.63) is 52.7 Å². The van der Waals surface area contributed by atoms with Gasteiger partial charge in [-0.05, 0) is 29.7 Å². The van der Waals surface area contributed by atoms with E-state index in [2.05, 4.69) is 10.4 Å². The number of nitrogens with one attached hydrogen (secondary N) is 1. The second kappa shape index (κ2) is 5.36. The van der Waals surface area contributed by atoms with Crippen molar-refractivity contribution in [2.75, 3.05) is 12.4 Å². The summed E-state index contributed by atoms with van der Waals surface area (Å²) >= 11 is 0. The van der Waals surface area contributed by atoms with Crippen LogP contribution in [-0.4, -0.2) is 22.8 Å². The number of rotatable bonds is 3. The minimum atomic E-state index is -0.577. The molecule has 0 atom stereocenters. The summed E-state index contributed by atoms with van der Waals surface area (Å²) in [7, 11) is 3.26.